The molecule has 3 heterocycles. The van der Waals surface area contributed by atoms with Crippen molar-refractivity contribution in [3.8, 4) is 0 Å². The summed E-state index contributed by atoms with van der Waals surface area (Å²) in [6.45, 7) is 0. The van der Waals surface area contributed by atoms with Gasteiger partial charge >= 0.3 is 308 Å². The third-order valence-electron chi connectivity index (χ3n) is 11.2. The molecule has 1 atom stereocenters. The zero-order valence-corrected chi connectivity index (χ0v) is 32.5. The number of rotatable bonds is 2. The van der Waals surface area contributed by atoms with Gasteiger partial charge in [-0.1, -0.05) is 0 Å². The molecule has 3 aliphatic rings. The molecule has 3 aliphatic heterocycles. The van der Waals surface area contributed by atoms with E-state index in [1.807, 2.05) is 11.8 Å². The van der Waals surface area contributed by atoms with Crippen molar-refractivity contribution in [3.63, 3.8) is 0 Å². The van der Waals surface area contributed by atoms with Gasteiger partial charge in [0.25, 0.3) is 0 Å². The van der Waals surface area contributed by atoms with Crippen molar-refractivity contribution in [2.75, 3.05) is 4.90 Å². The molecule has 240 valence electrons. The molecule has 7 aromatic carbocycles. The molecule has 0 fully saturated rings. The molecule has 0 amide bonds. The van der Waals surface area contributed by atoms with Crippen molar-refractivity contribution in [2.24, 2.45) is 0 Å². The topological polar surface area (TPSA) is 3.24 Å². The van der Waals surface area contributed by atoms with Gasteiger partial charge in [0, 0.05) is 0 Å². The maximum absolute atomic E-state index is 6.94. The Morgan fingerprint density at radius 3 is 1.66 bits per heavy atom. The van der Waals surface area contributed by atoms with Crippen LogP contribution in [0.15, 0.2) is 180 Å². The van der Waals surface area contributed by atoms with Gasteiger partial charge in [-0.05, 0) is 0 Å². The predicted molar refractivity (Wildman–Crippen MR) is 220 cm³/mol. The van der Waals surface area contributed by atoms with Crippen LogP contribution in [-0.4, -0.2) is 13.3 Å². The van der Waals surface area contributed by atoms with Crippen molar-refractivity contribution in [3.05, 3.63) is 192 Å². The van der Waals surface area contributed by atoms with E-state index in [2.05, 4.69) is 186 Å². The summed E-state index contributed by atoms with van der Waals surface area (Å²) in [4.78, 5) is 5.17. The fraction of sp³-hybridized carbons (Fsp3) is 0.0667. The fourth-order valence-corrected chi connectivity index (χ4v) is 26.1. The molecule has 0 aromatic heterocycles. The normalized spacial score (nSPS) is 18.6. The summed E-state index contributed by atoms with van der Waals surface area (Å²) in [6.07, 6.45) is 0. The first-order chi connectivity index (χ1) is 24.4. The van der Waals surface area contributed by atoms with Crippen LogP contribution in [0.5, 0.6) is 0 Å². The van der Waals surface area contributed by atoms with Crippen LogP contribution in [-0.2, 0) is 17.2 Å². The average molecular weight is 756 g/mol. The molecule has 1 nitrogen and oxygen atoms in total. The molecular formula is C45H34GeNPS2. The molecular weight excluding hydrogens is 722 g/mol. The second-order valence-corrected chi connectivity index (χ2v) is 28.5. The van der Waals surface area contributed by atoms with E-state index in [4.69, 9.17) is 11.8 Å². The Morgan fingerprint density at radius 2 is 1.02 bits per heavy atom. The van der Waals surface area contributed by atoms with Crippen LogP contribution in [0, 0.1) is 0 Å². The summed E-state index contributed by atoms with van der Waals surface area (Å²) >= 11 is 6.03. The molecule has 1 spiro atoms. The van der Waals surface area contributed by atoms with Crippen molar-refractivity contribution < 1.29 is 0 Å². The van der Waals surface area contributed by atoms with E-state index >= 15 is 0 Å². The van der Waals surface area contributed by atoms with Crippen LogP contribution >= 0.6 is 17.8 Å². The second kappa shape index (κ2) is 11.2. The Kier molecular flexibility index (Phi) is 6.87. The zero-order valence-electron chi connectivity index (χ0n) is 27.9. The molecule has 1 unspecified atom stereocenters. The Morgan fingerprint density at radius 1 is 0.520 bits per heavy atom. The van der Waals surface area contributed by atoms with Crippen LogP contribution in [0.3, 0.4) is 0 Å². The van der Waals surface area contributed by atoms with Crippen molar-refractivity contribution in [2.45, 2.75) is 26.7 Å². The van der Waals surface area contributed by atoms with E-state index in [9.17, 15) is 0 Å². The predicted octanol–water partition coefficient (Wildman–Crippen LogP) is 9.21. The molecule has 0 radical (unpaired) electrons. The Bertz CT molecular complexity index is 2460. The van der Waals surface area contributed by atoms with Crippen molar-refractivity contribution >= 4 is 84.6 Å². The first-order valence-corrected chi connectivity index (χ1v) is 27.1. The van der Waals surface area contributed by atoms with E-state index in [0.717, 1.165) is 0 Å². The monoisotopic (exact) mass is 757 g/mol. The summed E-state index contributed by atoms with van der Waals surface area (Å²) in [5.74, 6) is 5.12. The minimum absolute atomic E-state index is 0.443. The van der Waals surface area contributed by atoms with Gasteiger partial charge in [-0.2, -0.15) is 0 Å². The molecule has 50 heavy (non-hydrogen) atoms. The third-order valence-corrected chi connectivity index (χ3v) is 25.6. The molecule has 10 rings (SSSR count). The summed E-state index contributed by atoms with van der Waals surface area (Å²) < 4.78 is 3.03. The van der Waals surface area contributed by atoms with Gasteiger partial charge in [0.05, 0.1) is 0 Å². The summed E-state index contributed by atoms with van der Waals surface area (Å²) in [7, 11) is 0. The molecule has 0 bridgehead atoms. The van der Waals surface area contributed by atoms with Gasteiger partial charge in [0.1, 0.15) is 0 Å². The van der Waals surface area contributed by atoms with E-state index in [1.165, 1.54) is 73.8 Å². The maximum atomic E-state index is 6.94. The van der Waals surface area contributed by atoms with E-state index in [0.29, 0.717) is 0 Å². The van der Waals surface area contributed by atoms with Crippen LogP contribution in [0.4, 0.5) is 17.1 Å². The zero-order chi connectivity index (χ0) is 33.7. The Hall–Kier alpha value is -4.12. The molecule has 0 saturated carbocycles. The van der Waals surface area contributed by atoms with Gasteiger partial charge in [-0.3, -0.25) is 0 Å². The van der Waals surface area contributed by atoms with Gasteiger partial charge in [0.15, 0.2) is 0 Å². The number of hydrogen-bond acceptors (Lipinski definition) is 3. The van der Waals surface area contributed by atoms with Gasteiger partial charge in [0.2, 0.25) is 0 Å². The summed E-state index contributed by atoms with van der Waals surface area (Å²) in [6, 6.07) is 61.4. The first kappa shape index (κ1) is 30.7. The van der Waals surface area contributed by atoms with Crippen molar-refractivity contribution in [1.29, 1.82) is 0 Å². The number of para-hydroxylation sites is 2. The second-order valence-electron chi connectivity index (χ2n) is 14.0. The SMILES string of the molecule is [CH3][Ge]1([CH3])[c]2ccccc2P(=S)(c2ccccc2)c2ccc(N3c4ccccc4C4(c5ccccc5Sc5ccccc54)c4ccccc43)c[c]21. The summed E-state index contributed by atoms with van der Waals surface area (Å²) in [5.41, 5.74) is 8.56. The standard InChI is InChI=1S/C45H34GeNPS2/c1-46(2)37-22-10-13-25-41(37)48(49,32-16-4-3-5-17-32)42-29-28-31(30-38(42)46)47-39-23-11-6-18-33(39)45(34-19-7-12-24-40(34)47)35-20-8-14-26-43(35)50-44-27-15-9-21-36(44)45/h3-30H,1-2H3. The minimum atomic E-state index is -2.80. The number of anilines is 3. The van der Waals surface area contributed by atoms with Crippen LogP contribution < -0.4 is 29.6 Å². The molecule has 0 N–H and O–H groups in total. The molecule has 7 aromatic rings. The van der Waals surface area contributed by atoms with Crippen molar-refractivity contribution in [1.82, 2.24) is 0 Å². The Balaban J connectivity index is 1.26. The van der Waals surface area contributed by atoms with E-state index in [1.54, 1.807) is 0 Å². The van der Waals surface area contributed by atoms with Gasteiger partial charge < -0.3 is 0 Å². The molecule has 5 heteroatoms. The number of hydrogen-bond donors (Lipinski definition) is 0. The van der Waals surface area contributed by atoms with E-state index < -0.39 is 24.7 Å². The number of nitrogens with zero attached hydrogens (tertiary/aromatic N) is 1. The Labute approximate surface area is 306 Å². The van der Waals surface area contributed by atoms with Crippen LogP contribution in [0.25, 0.3) is 0 Å². The van der Waals surface area contributed by atoms with Gasteiger partial charge in [-0.25, -0.2) is 0 Å². The van der Waals surface area contributed by atoms with Crippen LogP contribution in [0.2, 0.25) is 11.5 Å². The fourth-order valence-electron chi connectivity index (χ4n) is 9.01. The quantitative estimate of drug-likeness (QED) is 0.128. The number of benzene rings is 7. The number of fused-ring (bicyclic) bond motifs is 10. The summed E-state index contributed by atoms with van der Waals surface area (Å²) in [5, 5.41) is 4.06. The third kappa shape index (κ3) is 4.01. The molecule has 0 aliphatic carbocycles. The molecule has 0 saturated heterocycles. The van der Waals surface area contributed by atoms with E-state index in [-0.39, 0.29) is 0 Å². The van der Waals surface area contributed by atoms with Gasteiger partial charge in [-0.15, -0.1) is 0 Å². The first-order valence-electron chi connectivity index (χ1n) is 17.2. The average Bonchev–Trinajstić information content (AvgIpc) is 3.17. The van der Waals surface area contributed by atoms with Crippen LogP contribution in [0.1, 0.15) is 22.3 Å².